The van der Waals surface area contributed by atoms with Crippen molar-refractivity contribution in [3.05, 3.63) is 47.5 Å². The second-order valence-electron chi connectivity index (χ2n) is 6.82. The van der Waals surface area contributed by atoms with Gasteiger partial charge in [-0.2, -0.15) is 0 Å². The smallest absolute Gasteiger partial charge is 0.276 e. The number of hydrogen-bond donors (Lipinski definition) is 1. The standard InChI is InChI=1S/C18H24FN5O/c1-13(2)6-8-23-12-16(21-22-23)18(25)24-9-7-20-11-17(24)14-4-3-5-15(19)10-14/h3-5,10,12-13,17,20H,6-9,11H2,1-2H3. The molecule has 1 atom stereocenters. The van der Waals surface area contributed by atoms with Crippen LogP contribution in [0.3, 0.4) is 0 Å². The van der Waals surface area contributed by atoms with Gasteiger partial charge >= 0.3 is 0 Å². The summed E-state index contributed by atoms with van der Waals surface area (Å²) in [6.07, 6.45) is 2.69. The first-order valence-electron chi connectivity index (χ1n) is 8.72. The second kappa shape index (κ2) is 7.74. The molecule has 1 N–H and O–H groups in total. The first-order chi connectivity index (χ1) is 12.0. The zero-order valence-electron chi connectivity index (χ0n) is 14.7. The van der Waals surface area contributed by atoms with Crippen molar-refractivity contribution in [3.63, 3.8) is 0 Å². The molecule has 1 aliphatic rings. The molecular weight excluding hydrogens is 321 g/mol. The van der Waals surface area contributed by atoms with Crippen LogP contribution in [-0.2, 0) is 6.54 Å². The number of rotatable bonds is 5. The van der Waals surface area contributed by atoms with Crippen molar-refractivity contribution in [2.24, 2.45) is 5.92 Å². The van der Waals surface area contributed by atoms with Crippen LogP contribution in [0.4, 0.5) is 4.39 Å². The minimum Gasteiger partial charge on any atom is -0.328 e. The van der Waals surface area contributed by atoms with E-state index in [2.05, 4.69) is 29.5 Å². The molecule has 1 fully saturated rings. The van der Waals surface area contributed by atoms with E-state index in [0.717, 1.165) is 18.5 Å². The number of aryl methyl sites for hydroxylation is 1. The molecule has 1 aliphatic heterocycles. The maximum Gasteiger partial charge on any atom is 0.276 e. The molecule has 0 saturated carbocycles. The third kappa shape index (κ3) is 4.22. The zero-order valence-corrected chi connectivity index (χ0v) is 14.7. The van der Waals surface area contributed by atoms with E-state index in [4.69, 9.17) is 0 Å². The Balaban J connectivity index is 1.77. The van der Waals surface area contributed by atoms with Crippen LogP contribution in [0, 0.1) is 11.7 Å². The highest BCUT2D eigenvalue weighted by Crippen LogP contribution is 2.24. The van der Waals surface area contributed by atoms with Crippen molar-refractivity contribution < 1.29 is 9.18 Å². The van der Waals surface area contributed by atoms with Crippen LogP contribution in [0.5, 0.6) is 0 Å². The van der Waals surface area contributed by atoms with Gasteiger partial charge in [0.25, 0.3) is 5.91 Å². The lowest BCUT2D eigenvalue weighted by molar-refractivity contribution is 0.0627. The predicted octanol–water partition coefficient (Wildman–Crippen LogP) is 2.25. The van der Waals surface area contributed by atoms with Crippen LogP contribution in [0.1, 0.15) is 42.4 Å². The highest BCUT2D eigenvalue weighted by Gasteiger charge is 2.30. The number of nitrogens with zero attached hydrogens (tertiary/aromatic N) is 4. The normalized spacial score (nSPS) is 17.9. The Kier molecular flexibility index (Phi) is 5.43. The molecule has 25 heavy (non-hydrogen) atoms. The Morgan fingerprint density at radius 2 is 2.28 bits per heavy atom. The number of halogens is 1. The van der Waals surface area contributed by atoms with Crippen LogP contribution in [0.25, 0.3) is 0 Å². The molecule has 1 saturated heterocycles. The zero-order chi connectivity index (χ0) is 17.8. The van der Waals surface area contributed by atoms with E-state index in [-0.39, 0.29) is 17.8 Å². The van der Waals surface area contributed by atoms with Gasteiger partial charge in [-0.25, -0.2) is 4.39 Å². The van der Waals surface area contributed by atoms with Crippen LogP contribution in [0.2, 0.25) is 0 Å². The van der Waals surface area contributed by atoms with Crippen molar-refractivity contribution in [1.82, 2.24) is 25.2 Å². The van der Waals surface area contributed by atoms with Gasteiger partial charge in [-0.1, -0.05) is 31.2 Å². The molecule has 1 amide bonds. The fourth-order valence-corrected chi connectivity index (χ4v) is 3.00. The topological polar surface area (TPSA) is 63.1 Å². The lowest BCUT2D eigenvalue weighted by Crippen LogP contribution is -2.48. The minimum atomic E-state index is -0.296. The fourth-order valence-electron chi connectivity index (χ4n) is 3.00. The van der Waals surface area contributed by atoms with Crippen molar-refractivity contribution in [1.29, 1.82) is 0 Å². The Labute approximate surface area is 147 Å². The Morgan fingerprint density at radius 1 is 1.44 bits per heavy atom. The average molecular weight is 345 g/mol. The minimum absolute atomic E-state index is 0.161. The summed E-state index contributed by atoms with van der Waals surface area (Å²) in [5.74, 6) is 0.107. The highest BCUT2D eigenvalue weighted by atomic mass is 19.1. The highest BCUT2D eigenvalue weighted by molar-refractivity contribution is 5.92. The maximum absolute atomic E-state index is 13.6. The van der Waals surface area contributed by atoms with Gasteiger partial charge < -0.3 is 10.2 Å². The van der Waals surface area contributed by atoms with Crippen LogP contribution >= 0.6 is 0 Å². The Hall–Kier alpha value is -2.28. The van der Waals surface area contributed by atoms with E-state index in [1.54, 1.807) is 21.8 Å². The van der Waals surface area contributed by atoms with Crippen molar-refractivity contribution >= 4 is 5.91 Å². The molecule has 1 aromatic carbocycles. The lowest BCUT2D eigenvalue weighted by atomic mass is 10.0. The molecule has 0 bridgehead atoms. The van der Waals surface area contributed by atoms with Gasteiger partial charge in [0.05, 0.1) is 12.2 Å². The molecule has 134 valence electrons. The van der Waals surface area contributed by atoms with Gasteiger partial charge in [-0.05, 0) is 30.0 Å². The van der Waals surface area contributed by atoms with Gasteiger partial charge in [0.1, 0.15) is 5.82 Å². The maximum atomic E-state index is 13.6. The summed E-state index contributed by atoms with van der Waals surface area (Å²) in [7, 11) is 0. The van der Waals surface area contributed by atoms with Crippen molar-refractivity contribution in [2.45, 2.75) is 32.9 Å². The molecule has 2 aromatic rings. The van der Waals surface area contributed by atoms with E-state index in [0.29, 0.717) is 31.2 Å². The summed E-state index contributed by atoms with van der Waals surface area (Å²) in [5.41, 5.74) is 1.12. The summed E-state index contributed by atoms with van der Waals surface area (Å²) in [4.78, 5) is 14.7. The molecule has 0 aliphatic carbocycles. The third-order valence-corrected chi connectivity index (χ3v) is 4.43. The largest absolute Gasteiger partial charge is 0.328 e. The predicted molar refractivity (Wildman–Crippen MR) is 92.5 cm³/mol. The molecule has 0 radical (unpaired) electrons. The Morgan fingerprint density at radius 3 is 3.04 bits per heavy atom. The van der Waals surface area contributed by atoms with E-state index in [9.17, 15) is 9.18 Å². The van der Waals surface area contributed by atoms with Gasteiger partial charge in [0.2, 0.25) is 0 Å². The first kappa shape index (κ1) is 17.5. The number of carbonyl (C=O) groups excluding carboxylic acids is 1. The number of carbonyl (C=O) groups is 1. The molecule has 7 heteroatoms. The number of nitrogens with one attached hydrogen (secondary N) is 1. The summed E-state index contributed by atoms with van der Waals surface area (Å²) in [6, 6.07) is 6.20. The molecule has 1 aromatic heterocycles. The van der Waals surface area contributed by atoms with Crippen LogP contribution in [-0.4, -0.2) is 45.4 Å². The van der Waals surface area contributed by atoms with E-state index in [1.165, 1.54) is 12.1 Å². The molecule has 6 nitrogen and oxygen atoms in total. The number of piperazine rings is 1. The van der Waals surface area contributed by atoms with Gasteiger partial charge in [0.15, 0.2) is 5.69 Å². The van der Waals surface area contributed by atoms with E-state index in [1.807, 2.05) is 6.07 Å². The molecule has 2 heterocycles. The van der Waals surface area contributed by atoms with E-state index >= 15 is 0 Å². The second-order valence-corrected chi connectivity index (χ2v) is 6.82. The quantitative estimate of drug-likeness (QED) is 0.903. The molecule has 1 unspecified atom stereocenters. The van der Waals surface area contributed by atoms with Gasteiger partial charge in [-0.15, -0.1) is 5.10 Å². The number of aromatic nitrogens is 3. The van der Waals surface area contributed by atoms with Crippen LogP contribution < -0.4 is 5.32 Å². The number of amides is 1. The summed E-state index contributed by atoms with van der Waals surface area (Å²) >= 11 is 0. The van der Waals surface area contributed by atoms with Gasteiger partial charge in [0, 0.05) is 26.2 Å². The van der Waals surface area contributed by atoms with Crippen LogP contribution in [0.15, 0.2) is 30.5 Å². The monoisotopic (exact) mass is 345 g/mol. The summed E-state index contributed by atoms with van der Waals surface area (Å²) < 4.78 is 15.3. The Bertz CT molecular complexity index is 730. The van der Waals surface area contributed by atoms with Gasteiger partial charge in [-0.3, -0.25) is 9.48 Å². The molecule has 3 rings (SSSR count). The van der Waals surface area contributed by atoms with Crippen molar-refractivity contribution in [2.75, 3.05) is 19.6 Å². The average Bonchev–Trinajstić information content (AvgIpc) is 3.08. The SMILES string of the molecule is CC(C)CCn1cc(C(=O)N2CCNCC2c2cccc(F)c2)nn1. The third-order valence-electron chi connectivity index (χ3n) is 4.43. The first-order valence-corrected chi connectivity index (χ1v) is 8.72. The summed E-state index contributed by atoms with van der Waals surface area (Å²) in [5, 5.41) is 11.4. The summed E-state index contributed by atoms with van der Waals surface area (Å²) in [6.45, 7) is 6.89. The fraction of sp³-hybridized carbons (Fsp3) is 0.500. The molecule has 0 spiro atoms. The number of benzene rings is 1. The number of hydrogen-bond acceptors (Lipinski definition) is 4. The molecular formula is C18H24FN5O. The van der Waals surface area contributed by atoms with Crippen molar-refractivity contribution in [3.8, 4) is 0 Å². The van der Waals surface area contributed by atoms with E-state index < -0.39 is 0 Å². The lowest BCUT2D eigenvalue weighted by Gasteiger charge is -2.36.